The van der Waals surface area contributed by atoms with Crippen molar-refractivity contribution in [2.45, 2.75) is 17.1 Å². The van der Waals surface area contributed by atoms with Gasteiger partial charge in [-0.15, -0.1) is 0 Å². The molecule has 118 valence electrons. The Kier molecular flexibility index (Phi) is 3.56. The van der Waals surface area contributed by atoms with E-state index < -0.39 is 32.4 Å². The van der Waals surface area contributed by atoms with Crippen molar-refractivity contribution in [1.82, 2.24) is 0 Å². The molecule has 0 fully saturated rings. The number of rotatable bonds is 3. The van der Waals surface area contributed by atoms with Crippen LogP contribution in [0.1, 0.15) is 11.1 Å². The summed E-state index contributed by atoms with van der Waals surface area (Å²) in [4.78, 5) is 11.9. The van der Waals surface area contributed by atoms with Gasteiger partial charge in [-0.1, -0.05) is 29.8 Å². The molecule has 0 aromatic heterocycles. The van der Waals surface area contributed by atoms with Gasteiger partial charge in [0.2, 0.25) is 5.78 Å². The van der Waals surface area contributed by atoms with Crippen molar-refractivity contribution < 1.29 is 22.7 Å². The van der Waals surface area contributed by atoms with Gasteiger partial charge >= 0.3 is 0 Å². The minimum Gasteiger partial charge on any atom is -0.504 e. The van der Waals surface area contributed by atoms with Gasteiger partial charge in [-0.05, 0) is 36.8 Å². The third-order valence-electron chi connectivity index (χ3n) is 3.80. The quantitative estimate of drug-likeness (QED) is 0.938. The Hall–Kier alpha value is -2.47. The van der Waals surface area contributed by atoms with Crippen molar-refractivity contribution in [3.63, 3.8) is 0 Å². The lowest BCUT2D eigenvalue weighted by Crippen LogP contribution is -2.41. The number of carbonyl (C=O) groups is 1. The molecule has 0 aliphatic heterocycles. The van der Waals surface area contributed by atoms with Crippen LogP contribution in [0.15, 0.2) is 59.2 Å². The van der Waals surface area contributed by atoms with Crippen LogP contribution >= 0.6 is 0 Å². The van der Waals surface area contributed by atoms with E-state index in [0.717, 1.165) is 17.7 Å². The lowest BCUT2D eigenvalue weighted by Gasteiger charge is -2.28. The molecule has 2 aromatic rings. The van der Waals surface area contributed by atoms with E-state index in [2.05, 4.69) is 0 Å². The Morgan fingerprint density at radius 1 is 1.00 bits per heavy atom. The second kappa shape index (κ2) is 5.31. The van der Waals surface area contributed by atoms with Gasteiger partial charge in [-0.2, -0.15) is 0 Å². The Labute approximate surface area is 132 Å². The fourth-order valence-corrected chi connectivity index (χ4v) is 4.25. The molecule has 4 nitrogen and oxygen atoms in total. The Bertz CT molecular complexity index is 910. The number of ketones is 1. The highest BCUT2D eigenvalue weighted by molar-refractivity contribution is 7.93. The molecule has 1 aliphatic carbocycles. The van der Waals surface area contributed by atoms with Gasteiger partial charge in [-0.3, -0.25) is 4.79 Å². The van der Waals surface area contributed by atoms with Crippen LogP contribution in [0.5, 0.6) is 0 Å². The Morgan fingerprint density at radius 3 is 2.13 bits per heavy atom. The second-order valence-corrected chi connectivity index (χ2v) is 7.40. The van der Waals surface area contributed by atoms with Crippen LogP contribution in [0.4, 0.5) is 4.39 Å². The molecule has 1 aliphatic rings. The predicted octanol–water partition coefficient (Wildman–Crippen LogP) is 2.83. The number of carbonyl (C=O) groups excluding carboxylic acids is 1. The van der Waals surface area contributed by atoms with E-state index in [1.165, 1.54) is 24.3 Å². The van der Waals surface area contributed by atoms with Gasteiger partial charge in [-0.25, -0.2) is 12.8 Å². The monoisotopic (exact) mass is 332 g/mol. The zero-order valence-electron chi connectivity index (χ0n) is 12.2. The van der Waals surface area contributed by atoms with Crippen LogP contribution in [0.25, 0.3) is 5.57 Å². The maximum atomic E-state index is 13.0. The van der Waals surface area contributed by atoms with Crippen molar-refractivity contribution in [1.29, 1.82) is 0 Å². The molecule has 6 heteroatoms. The van der Waals surface area contributed by atoms with Crippen LogP contribution in [-0.4, -0.2) is 24.6 Å². The van der Waals surface area contributed by atoms with Gasteiger partial charge in [0, 0.05) is 5.57 Å². The van der Waals surface area contributed by atoms with Crippen LogP contribution in [0, 0.1) is 12.7 Å². The predicted molar refractivity (Wildman–Crippen MR) is 83.1 cm³/mol. The molecule has 3 rings (SSSR count). The van der Waals surface area contributed by atoms with E-state index in [9.17, 15) is 22.7 Å². The smallest absolute Gasteiger partial charge is 0.220 e. The van der Waals surface area contributed by atoms with E-state index >= 15 is 0 Å². The molecule has 0 saturated carbocycles. The van der Waals surface area contributed by atoms with Crippen molar-refractivity contribution in [2.75, 3.05) is 0 Å². The lowest BCUT2D eigenvalue weighted by molar-refractivity contribution is -0.118. The van der Waals surface area contributed by atoms with Crippen molar-refractivity contribution in [3.8, 4) is 0 Å². The number of aliphatic hydroxyl groups is 1. The number of halogens is 1. The zero-order chi connectivity index (χ0) is 16.8. The standard InChI is InChI=1S/C17H13FO4S/c1-10-2-8-13(9-3-10)23(21,22)17-14(15(19)16(17)20)11-4-6-12(18)7-5-11/h2-9,17,19H,1H3. The first-order chi connectivity index (χ1) is 10.8. The first-order valence-corrected chi connectivity index (χ1v) is 8.41. The maximum absolute atomic E-state index is 13.0. The SMILES string of the molecule is Cc1ccc(S(=O)(=O)C2C(=O)C(O)=C2c2ccc(F)cc2)cc1. The fraction of sp³-hybridized carbons (Fsp3) is 0.118. The number of aryl methyl sites for hydroxylation is 1. The summed E-state index contributed by atoms with van der Waals surface area (Å²) in [5, 5.41) is 8.33. The van der Waals surface area contributed by atoms with Gasteiger partial charge in [0.1, 0.15) is 5.82 Å². The molecule has 0 saturated heterocycles. The molecule has 1 unspecified atom stereocenters. The summed E-state index contributed by atoms with van der Waals surface area (Å²) >= 11 is 0. The number of aliphatic hydroxyl groups excluding tert-OH is 1. The highest BCUT2D eigenvalue weighted by Crippen LogP contribution is 2.39. The van der Waals surface area contributed by atoms with Crippen molar-refractivity contribution in [2.24, 2.45) is 0 Å². The summed E-state index contributed by atoms with van der Waals surface area (Å²) in [6, 6.07) is 11.1. The minimum atomic E-state index is -3.97. The van der Waals surface area contributed by atoms with Gasteiger partial charge in [0.05, 0.1) is 4.90 Å². The topological polar surface area (TPSA) is 71.4 Å². The first kappa shape index (κ1) is 15.4. The van der Waals surface area contributed by atoms with Crippen LogP contribution in [0.3, 0.4) is 0 Å². The molecule has 0 heterocycles. The summed E-state index contributed by atoms with van der Waals surface area (Å²) in [6.45, 7) is 1.82. The van der Waals surface area contributed by atoms with Crippen LogP contribution < -0.4 is 0 Å². The maximum Gasteiger partial charge on any atom is 0.220 e. The molecule has 2 aromatic carbocycles. The van der Waals surface area contributed by atoms with E-state index in [0.29, 0.717) is 5.56 Å². The molecule has 23 heavy (non-hydrogen) atoms. The number of allylic oxidation sites excluding steroid dienone is 1. The summed E-state index contributed by atoms with van der Waals surface area (Å²) in [7, 11) is -3.97. The summed E-state index contributed by atoms with van der Waals surface area (Å²) in [6.07, 6.45) is 0. The largest absolute Gasteiger partial charge is 0.504 e. The molecular formula is C17H13FO4S. The number of hydrogen-bond donors (Lipinski definition) is 1. The third-order valence-corrected chi connectivity index (χ3v) is 5.80. The van der Waals surface area contributed by atoms with E-state index in [-0.39, 0.29) is 10.5 Å². The molecule has 0 bridgehead atoms. The van der Waals surface area contributed by atoms with Crippen molar-refractivity contribution in [3.05, 3.63) is 71.2 Å². The number of sulfone groups is 1. The average molecular weight is 332 g/mol. The molecule has 0 amide bonds. The number of benzene rings is 2. The molecule has 1 atom stereocenters. The summed E-state index contributed by atoms with van der Waals surface area (Å²) in [5.41, 5.74) is 1.21. The zero-order valence-corrected chi connectivity index (χ0v) is 13.0. The minimum absolute atomic E-state index is 0.00793. The average Bonchev–Trinajstić information content (AvgIpc) is 2.53. The summed E-state index contributed by atoms with van der Waals surface area (Å²) in [5.74, 6) is -1.92. The highest BCUT2D eigenvalue weighted by atomic mass is 32.2. The summed E-state index contributed by atoms with van der Waals surface area (Å²) < 4.78 is 38.4. The van der Waals surface area contributed by atoms with Crippen LogP contribution in [0.2, 0.25) is 0 Å². The lowest BCUT2D eigenvalue weighted by atomic mass is 9.88. The highest BCUT2D eigenvalue weighted by Gasteiger charge is 2.49. The van der Waals surface area contributed by atoms with Gasteiger partial charge in [0.15, 0.2) is 20.8 Å². The number of Topliss-reactive ketones (excluding diaryl/α,β-unsaturated/α-hetero) is 1. The molecule has 1 N–H and O–H groups in total. The Morgan fingerprint density at radius 2 is 1.57 bits per heavy atom. The van der Waals surface area contributed by atoms with E-state index in [1.807, 2.05) is 6.92 Å². The van der Waals surface area contributed by atoms with Gasteiger partial charge < -0.3 is 5.11 Å². The molecule has 0 radical (unpaired) electrons. The fourth-order valence-electron chi connectivity index (χ4n) is 2.51. The molecular weight excluding hydrogens is 319 g/mol. The normalized spacial score (nSPS) is 18.0. The Balaban J connectivity index is 2.07. The van der Waals surface area contributed by atoms with E-state index in [1.54, 1.807) is 12.1 Å². The first-order valence-electron chi connectivity index (χ1n) is 6.86. The van der Waals surface area contributed by atoms with E-state index in [4.69, 9.17) is 0 Å². The van der Waals surface area contributed by atoms with Crippen LogP contribution in [-0.2, 0) is 14.6 Å². The second-order valence-electron chi connectivity index (χ2n) is 5.37. The van der Waals surface area contributed by atoms with Crippen molar-refractivity contribution >= 4 is 21.2 Å². The van der Waals surface area contributed by atoms with Gasteiger partial charge in [0.25, 0.3) is 0 Å². The third kappa shape index (κ3) is 2.45. The number of hydrogen-bond acceptors (Lipinski definition) is 4. The molecule has 0 spiro atoms.